The SMILES string of the molecule is Cc1cn2c(n1)CC[C@@H](NC(=O)CCc1ccsc1)C2. The van der Waals surface area contributed by atoms with E-state index in [0.717, 1.165) is 37.3 Å². The van der Waals surface area contributed by atoms with Gasteiger partial charge in [0.2, 0.25) is 5.91 Å². The summed E-state index contributed by atoms with van der Waals surface area (Å²) in [6.07, 6.45) is 5.41. The monoisotopic (exact) mass is 289 g/mol. The van der Waals surface area contributed by atoms with E-state index in [9.17, 15) is 4.79 Å². The summed E-state index contributed by atoms with van der Waals surface area (Å²) in [7, 11) is 0. The number of thiophene rings is 1. The third-order valence-corrected chi connectivity index (χ3v) is 4.43. The first-order chi connectivity index (χ1) is 9.70. The number of carbonyl (C=O) groups excluding carboxylic acids is 1. The van der Waals surface area contributed by atoms with Crippen LogP contribution in [0.1, 0.15) is 29.9 Å². The quantitative estimate of drug-likeness (QED) is 0.939. The smallest absolute Gasteiger partial charge is 0.220 e. The molecule has 0 unspecified atom stereocenters. The molecule has 106 valence electrons. The summed E-state index contributed by atoms with van der Waals surface area (Å²) in [5, 5.41) is 7.31. The number of imidazole rings is 1. The average Bonchev–Trinajstić information content (AvgIpc) is 3.04. The third kappa shape index (κ3) is 3.10. The molecule has 1 aliphatic rings. The number of rotatable bonds is 4. The van der Waals surface area contributed by atoms with Crippen LogP contribution in [0.25, 0.3) is 0 Å². The largest absolute Gasteiger partial charge is 0.352 e. The highest BCUT2D eigenvalue weighted by Gasteiger charge is 2.20. The molecular weight excluding hydrogens is 270 g/mol. The van der Waals surface area contributed by atoms with Crippen molar-refractivity contribution in [2.24, 2.45) is 0 Å². The van der Waals surface area contributed by atoms with Gasteiger partial charge in [-0.3, -0.25) is 4.79 Å². The second-order valence-corrected chi connectivity index (χ2v) is 6.17. The first kappa shape index (κ1) is 13.4. The zero-order valence-electron chi connectivity index (χ0n) is 11.6. The Kier molecular flexibility index (Phi) is 3.87. The fourth-order valence-electron chi connectivity index (χ4n) is 2.70. The van der Waals surface area contributed by atoms with Gasteiger partial charge in [-0.15, -0.1) is 0 Å². The van der Waals surface area contributed by atoms with Gasteiger partial charge in [0.1, 0.15) is 5.82 Å². The molecule has 0 aromatic carbocycles. The number of aryl methyl sites for hydroxylation is 3. The van der Waals surface area contributed by atoms with E-state index in [1.54, 1.807) is 11.3 Å². The lowest BCUT2D eigenvalue weighted by atomic mass is 10.1. The molecule has 3 heterocycles. The Bertz CT molecular complexity index is 588. The number of aromatic nitrogens is 2. The molecule has 2 aromatic heterocycles. The fraction of sp³-hybridized carbons (Fsp3) is 0.467. The molecule has 2 aromatic rings. The molecular formula is C15H19N3OS. The first-order valence-electron chi connectivity index (χ1n) is 7.04. The molecule has 0 saturated heterocycles. The van der Waals surface area contributed by atoms with E-state index in [-0.39, 0.29) is 11.9 Å². The number of nitrogens with one attached hydrogen (secondary N) is 1. The molecule has 5 heteroatoms. The normalized spacial score (nSPS) is 17.8. The molecule has 3 rings (SSSR count). The Morgan fingerprint density at radius 1 is 1.60 bits per heavy atom. The summed E-state index contributed by atoms with van der Waals surface area (Å²) in [5.74, 6) is 1.30. The van der Waals surface area contributed by atoms with Gasteiger partial charge in [0, 0.05) is 31.6 Å². The predicted octanol–water partition coefficient (Wildman–Crippen LogP) is 2.32. The lowest BCUT2D eigenvalue weighted by Gasteiger charge is -2.24. The van der Waals surface area contributed by atoms with Crippen LogP contribution in [0, 0.1) is 6.92 Å². The Morgan fingerprint density at radius 3 is 3.30 bits per heavy atom. The van der Waals surface area contributed by atoms with E-state index in [1.807, 2.05) is 6.92 Å². The van der Waals surface area contributed by atoms with E-state index >= 15 is 0 Å². The summed E-state index contributed by atoms with van der Waals surface area (Å²) in [4.78, 5) is 16.5. The van der Waals surface area contributed by atoms with E-state index in [2.05, 4.69) is 37.9 Å². The molecule has 0 saturated carbocycles. The highest BCUT2D eigenvalue weighted by molar-refractivity contribution is 7.07. The summed E-state index contributed by atoms with van der Waals surface area (Å²) in [5.41, 5.74) is 2.31. The van der Waals surface area contributed by atoms with Gasteiger partial charge in [0.25, 0.3) is 0 Å². The molecule has 1 atom stereocenters. The Morgan fingerprint density at radius 2 is 2.50 bits per heavy atom. The van der Waals surface area contributed by atoms with Gasteiger partial charge in [0.05, 0.1) is 5.69 Å². The number of carbonyl (C=O) groups is 1. The molecule has 0 radical (unpaired) electrons. The van der Waals surface area contributed by atoms with Crippen LogP contribution < -0.4 is 5.32 Å². The van der Waals surface area contributed by atoms with Crippen LogP contribution in [-0.2, 0) is 24.2 Å². The highest BCUT2D eigenvalue weighted by Crippen LogP contribution is 2.15. The van der Waals surface area contributed by atoms with Crippen LogP contribution in [0.15, 0.2) is 23.0 Å². The van der Waals surface area contributed by atoms with Crippen molar-refractivity contribution in [3.8, 4) is 0 Å². The topological polar surface area (TPSA) is 46.9 Å². The Hall–Kier alpha value is -1.62. The standard InChI is InChI=1S/C15H19N3OS/c1-11-8-18-9-13(3-4-14(18)16-11)17-15(19)5-2-12-6-7-20-10-12/h6-8,10,13H,2-5,9H2,1H3,(H,17,19)/t13-/m1/s1. The number of hydrogen-bond donors (Lipinski definition) is 1. The highest BCUT2D eigenvalue weighted by atomic mass is 32.1. The molecule has 1 amide bonds. The predicted molar refractivity (Wildman–Crippen MR) is 79.9 cm³/mol. The number of amides is 1. The molecule has 0 aliphatic carbocycles. The van der Waals surface area contributed by atoms with Crippen molar-refractivity contribution < 1.29 is 4.79 Å². The molecule has 1 aliphatic heterocycles. The Balaban J connectivity index is 1.50. The fourth-order valence-corrected chi connectivity index (χ4v) is 3.40. The van der Waals surface area contributed by atoms with Crippen LogP contribution >= 0.6 is 11.3 Å². The van der Waals surface area contributed by atoms with Gasteiger partial charge in [-0.25, -0.2) is 4.98 Å². The number of hydrogen-bond acceptors (Lipinski definition) is 3. The van der Waals surface area contributed by atoms with Gasteiger partial charge < -0.3 is 9.88 Å². The minimum absolute atomic E-state index is 0.154. The summed E-state index contributed by atoms with van der Waals surface area (Å²) in [6, 6.07) is 2.32. The van der Waals surface area contributed by atoms with E-state index < -0.39 is 0 Å². The molecule has 0 fully saturated rings. The van der Waals surface area contributed by atoms with Gasteiger partial charge in [-0.05, 0) is 42.2 Å². The van der Waals surface area contributed by atoms with Crippen molar-refractivity contribution >= 4 is 17.2 Å². The van der Waals surface area contributed by atoms with Crippen molar-refractivity contribution in [3.05, 3.63) is 40.1 Å². The van der Waals surface area contributed by atoms with E-state index in [4.69, 9.17) is 0 Å². The number of fused-ring (bicyclic) bond motifs is 1. The van der Waals surface area contributed by atoms with Crippen LogP contribution in [0.4, 0.5) is 0 Å². The van der Waals surface area contributed by atoms with Crippen molar-refractivity contribution in [1.29, 1.82) is 0 Å². The van der Waals surface area contributed by atoms with Crippen molar-refractivity contribution in [2.75, 3.05) is 0 Å². The van der Waals surface area contributed by atoms with Crippen LogP contribution in [0.3, 0.4) is 0 Å². The maximum atomic E-state index is 12.0. The van der Waals surface area contributed by atoms with Crippen molar-refractivity contribution in [3.63, 3.8) is 0 Å². The molecule has 4 nitrogen and oxygen atoms in total. The zero-order chi connectivity index (χ0) is 13.9. The lowest BCUT2D eigenvalue weighted by molar-refractivity contribution is -0.122. The second-order valence-electron chi connectivity index (χ2n) is 5.39. The van der Waals surface area contributed by atoms with Crippen LogP contribution in [-0.4, -0.2) is 21.5 Å². The molecule has 0 bridgehead atoms. The summed E-state index contributed by atoms with van der Waals surface area (Å²) < 4.78 is 2.17. The lowest BCUT2D eigenvalue weighted by Crippen LogP contribution is -2.40. The minimum Gasteiger partial charge on any atom is -0.352 e. The first-order valence-corrected chi connectivity index (χ1v) is 7.98. The van der Waals surface area contributed by atoms with Crippen LogP contribution in [0.2, 0.25) is 0 Å². The van der Waals surface area contributed by atoms with Crippen molar-refractivity contribution in [2.45, 2.75) is 45.2 Å². The van der Waals surface area contributed by atoms with E-state index in [1.165, 1.54) is 5.56 Å². The molecule has 20 heavy (non-hydrogen) atoms. The Labute approximate surface area is 122 Å². The zero-order valence-corrected chi connectivity index (χ0v) is 12.4. The van der Waals surface area contributed by atoms with Gasteiger partial charge in [-0.1, -0.05) is 0 Å². The third-order valence-electron chi connectivity index (χ3n) is 3.70. The van der Waals surface area contributed by atoms with E-state index in [0.29, 0.717) is 6.42 Å². The maximum absolute atomic E-state index is 12.0. The summed E-state index contributed by atoms with van der Waals surface area (Å²) >= 11 is 1.68. The maximum Gasteiger partial charge on any atom is 0.220 e. The minimum atomic E-state index is 0.154. The van der Waals surface area contributed by atoms with Crippen LogP contribution in [0.5, 0.6) is 0 Å². The average molecular weight is 289 g/mol. The summed E-state index contributed by atoms with van der Waals surface area (Å²) in [6.45, 7) is 2.86. The van der Waals surface area contributed by atoms with Gasteiger partial charge in [-0.2, -0.15) is 11.3 Å². The van der Waals surface area contributed by atoms with Crippen molar-refractivity contribution in [1.82, 2.24) is 14.9 Å². The molecule has 0 spiro atoms. The number of nitrogens with zero attached hydrogens (tertiary/aromatic N) is 2. The second kappa shape index (κ2) is 5.79. The van der Waals surface area contributed by atoms with Gasteiger partial charge >= 0.3 is 0 Å². The van der Waals surface area contributed by atoms with Gasteiger partial charge in [0.15, 0.2) is 0 Å². The molecule has 1 N–H and O–H groups in total.